The molecule has 0 amide bonds. The fourth-order valence-corrected chi connectivity index (χ4v) is 1.88. The lowest BCUT2D eigenvalue weighted by atomic mass is 10.1. The van der Waals surface area contributed by atoms with Crippen molar-refractivity contribution in [1.82, 2.24) is 0 Å². The summed E-state index contributed by atoms with van der Waals surface area (Å²) in [6.07, 6.45) is 0. The minimum absolute atomic E-state index is 1.02. The maximum atomic E-state index is 10.7. The monoisotopic (exact) mass is 426 g/mol. The van der Waals surface area contributed by atoms with Gasteiger partial charge in [-0.3, -0.25) is 4.55 Å². The molecule has 1 N–H and O–H groups in total. The second-order valence-electron chi connectivity index (χ2n) is 3.82. The van der Waals surface area contributed by atoms with Gasteiger partial charge in [-0.1, -0.05) is 34.7 Å². The van der Waals surface area contributed by atoms with Crippen molar-refractivity contribution < 1.29 is 30.9 Å². The van der Waals surface area contributed by atoms with Crippen molar-refractivity contribution in [3.8, 4) is 5.75 Å². The van der Waals surface area contributed by atoms with E-state index in [1.165, 1.54) is 16.7 Å². The Morgan fingerprint density at radius 2 is 1.60 bits per heavy atom. The van der Waals surface area contributed by atoms with Gasteiger partial charge in [0.15, 0.2) is 0 Å². The van der Waals surface area contributed by atoms with Crippen LogP contribution in [0.1, 0.15) is 16.7 Å². The van der Waals surface area contributed by atoms with Crippen molar-refractivity contribution >= 4 is 32.7 Å². The number of rotatable bonds is 2. The molecule has 0 saturated carbocycles. The lowest BCUT2D eigenvalue weighted by Gasteiger charge is -2.09. The SMILES string of the molecule is COc1c(C)cc(CI)cc1C.O=S(=O)(O)C(F)(F)F. The minimum Gasteiger partial charge on any atom is -0.496 e. The summed E-state index contributed by atoms with van der Waals surface area (Å²) < 4.78 is 63.9. The predicted molar refractivity (Wildman–Crippen MR) is 77.8 cm³/mol. The van der Waals surface area contributed by atoms with Gasteiger partial charge in [0.1, 0.15) is 5.75 Å². The summed E-state index contributed by atoms with van der Waals surface area (Å²) in [4.78, 5) is 0. The van der Waals surface area contributed by atoms with Crippen molar-refractivity contribution in [1.29, 1.82) is 0 Å². The second-order valence-corrected chi connectivity index (χ2v) is 5.99. The molecule has 0 radical (unpaired) electrons. The zero-order valence-electron chi connectivity index (χ0n) is 11.0. The van der Waals surface area contributed by atoms with Gasteiger partial charge >= 0.3 is 15.6 Å². The number of halogens is 4. The molecule has 0 aliphatic carbocycles. The average Bonchev–Trinajstić information content (AvgIpc) is 2.26. The molecule has 9 heteroatoms. The van der Waals surface area contributed by atoms with Crippen molar-refractivity contribution in [3.63, 3.8) is 0 Å². The molecule has 0 unspecified atom stereocenters. The molecule has 0 aromatic heterocycles. The first kappa shape index (κ1) is 19.4. The molecule has 1 aromatic rings. The molecular weight excluding hydrogens is 412 g/mol. The van der Waals surface area contributed by atoms with Gasteiger partial charge in [0.05, 0.1) is 7.11 Å². The lowest BCUT2D eigenvalue weighted by Crippen LogP contribution is -2.21. The van der Waals surface area contributed by atoms with E-state index in [9.17, 15) is 13.2 Å². The molecule has 0 aliphatic heterocycles. The van der Waals surface area contributed by atoms with Crippen LogP contribution in [0.25, 0.3) is 0 Å². The predicted octanol–water partition coefficient (Wildman–Crippen LogP) is 3.64. The Morgan fingerprint density at radius 3 is 1.80 bits per heavy atom. The van der Waals surface area contributed by atoms with Gasteiger partial charge in [-0.2, -0.15) is 21.6 Å². The first-order valence-electron chi connectivity index (χ1n) is 5.17. The third-order valence-electron chi connectivity index (χ3n) is 2.17. The molecule has 1 aromatic carbocycles. The number of hydrogen-bond donors (Lipinski definition) is 1. The summed E-state index contributed by atoms with van der Waals surface area (Å²) in [5.74, 6) is 1.02. The minimum atomic E-state index is -5.84. The molecule has 0 heterocycles. The lowest BCUT2D eigenvalue weighted by molar-refractivity contribution is -0.0510. The number of benzene rings is 1. The highest BCUT2D eigenvalue weighted by Gasteiger charge is 2.44. The van der Waals surface area contributed by atoms with Crippen molar-refractivity contribution in [3.05, 3.63) is 28.8 Å². The molecule has 0 atom stereocenters. The number of ether oxygens (including phenoxy) is 1. The molecule has 0 bridgehead atoms. The average molecular weight is 426 g/mol. The van der Waals surface area contributed by atoms with Crippen LogP contribution < -0.4 is 4.74 Å². The maximum Gasteiger partial charge on any atom is 0.522 e. The van der Waals surface area contributed by atoms with Gasteiger partial charge in [-0.15, -0.1) is 0 Å². The van der Waals surface area contributed by atoms with Gasteiger partial charge in [-0.25, -0.2) is 0 Å². The Balaban J connectivity index is 0.000000396. The molecule has 1 rings (SSSR count). The van der Waals surface area contributed by atoms with E-state index in [4.69, 9.17) is 17.7 Å². The maximum absolute atomic E-state index is 10.7. The number of methoxy groups -OCH3 is 1. The van der Waals surface area contributed by atoms with E-state index < -0.39 is 15.6 Å². The fourth-order valence-electron chi connectivity index (χ4n) is 1.44. The van der Waals surface area contributed by atoms with Crippen molar-refractivity contribution in [2.24, 2.45) is 0 Å². The van der Waals surface area contributed by atoms with Crippen LogP contribution in [0.15, 0.2) is 12.1 Å². The Kier molecular flexibility index (Phi) is 7.25. The molecular formula is C11H14F3IO4S. The number of aryl methyl sites for hydroxylation is 2. The standard InChI is InChI=1S/C10H13IO.CHF3O3S/c1-7-4-9(6-11)5-8(2)10(7)12-3;2-1(3,4)8(5,6)7/h4-5H,6H2,1-3H3;(H,5,6,7). The Hall–Kier alpha value is -0.550. The molecule has 20 heavy (non-hydrogen) atoms. The molecule has 0 saturated heterocycles. The number of alkyl halides is 4. The summed E-state index contributed by atoms with van der Waals surface area (Å²) in [6, 6.07) is 4.36. The Labute approximate surface area is 129 Å². The van der Waals surface area contributed by atoms with Crippen LogP contribution in [0.5, 0.6) is 5.75 Å². The number of hydrogen-bond acceptors (Lipinski definition) is 3. The summed E-state index contributed by atoms with van der Waals surface area (Å²) in [7, 11) is -4.12. The van der Waals surface area contributed by atoms with E-state index in [0.29, 0.717) is 0 Å². The largest absolute Gasteiger partial charge is 0.522 e. The quantitative estimate of drug-likeness (QED) is 0.340. The molecule has 0 spiro atoms. The summed E-state index contributed by atoms with van der Waals surface area (Å²) in [5.41, 5.74) is -1.72. The van der Waals surface area contributed by atoms with Crippen LogP contribution in [0.2, 0.25) is 0 Å². The van der Waals surface area contributed by atoms with Gasteiger partial charge in [0.25, 0.3) is 0 Å². The van der Waals surface area contributed by atoms with Gasteiger partial charge in [0.2, 0.25) is 0 Å². The van der Waals surface area contributed by atoms with Crippen LogP contribution >= 0.6 is 22.6 Å². The van der Waals surface area contributed by atoms with E-state index in [1.807, 2.05) is 0 Å². The van der Waals surface area contributed by atoms with Crippen molar-refractivity contribution in [2.45, 2.75) is 23.8 Å². The Bertz CT molecular complexity index is 532. The highest BCUT2D eigenvalue weighted by molar-refractivity contribution is 14.1. The summed E-state index contributed by atoms with van der Waals surface area (Å²) >= 11 is 2.37. The molecule has 0 aliphatic rings. The van der Waals surface area contributed by atoms with Gasteiger partial charge in [0, 0.05) is 4.43 Å². The second kappa shape index (κ2) is 7.46. The van der Waals surface area contributed by atoms with E-state index >= 15 is 0 Å². The van der Waals surface area contributed by atoms with Crippen LogP contribution in [-0.4, -0.2) is 25.6 Å². The first-order chi connectivity index (χ1) is 8.94. The first-order valence-corrected chi connectivity index (χ1v) is 8.14. The van der Waals surface area contributed by atoms with Gasteiger partial charge in [-0.05, 0) is 30.5 Å². The zero-order chi connectivity index (χ0) is 16.1. The van der Waals surface area contributed by atoms with Crippen LogP contribution in [0, 0.1) is 13.8 Å². The highest BCUT2D eigenvalue weighted by atomic mass is 127. The van der Waals surface area contributed by atoms with E-state index in [2.05, 4.69) is 48.6 Å². The third-order valence-corrected chi connectivity index (χ3v) is 3.64. The van der Waals surface area contributed by atoms with E-state index in [1.54, 1.807) is 7.11 Å². The molecule has 0 fully saturated rings. The highest BCUT2D eigenvalue weighted by Crippen LogP contribution is 2.25. The van der Waals surface area contributed by atoms with Crippen LogP contribution in [-0.2, 0) is 14.5 Å². The summed E-state index contributed by atoms with van der Waals surface area (Å²) in [5, 5.41) is 0. The third kappa shape index (κ3) is 5.83. The summed E-state index contributed by atoms with van der Waals surface area (Å²) in [6.45, 7) is 4.17. The van der Waals surface area contributed by atoms with Crippen LogP contribution in [0.4, 0.5) is 13.2 Å². The fraction of sp³-hybridized carbons (Fsp3) is 0.455. The smallest absolute Gasteiger partial charge is 0.496 e. The topological polar surface area (TPSA) is 63.6 Å². The van der Waals surface area contributed by atoms with Crippen molar-refractivity contribution in [2.75, 3.05) is 7.11 Å². The zero-order valence-corrected chi connectivity index (χ0v) is 13.9. The molecule has 4 nitrogen and oxygen atoms in total. The Morgan fingerprint density at radius 1 is 1.25 bits per heavy atom. The van der Waals surface area contributed by atoms with Crippen LogP contribution in [0.3, 0.4) is 0 Å². The normalized spacial score (nSPS) is 11.6. The van der Waals surface area contributed by atoms with Gasteiger partial charge < -0.3 is 4.74 Å². The van der Waals surface area contributed by atoms with E-state index in [-0.39, 0.29) is 0 Å². The van der Waals surface area contributed by atoms with E-state index in [0.717, 1.165) is 10.2 Å². The molecule has 116 valence electrons.